The van der Waals surface area contributed by atoms with E-state index < -0.39 is 0 Å². The van der Waals surface area contributed by atoms with Crippen LogP contribution in [0.25, 0.3) is 0 Å². The van der Waals surface area contributed by atoms with Crippen LogP contribution in [0.15, 0.2) is 24.3 Å². The van der Waals surface area contributed by atoms with Gasteiger partial charge in [-0.3, -0.25) is 4.67 Å². The molecule has 0 saturated carbocycles. The molecular formula is C12H20NO2P. The molecule has 16 heavy (non-hydrogen) atoms. The lowest BCUT2D eigenvalue weighted by atomic mass is 9.91. The molecule has 1 saturated heterocycles. The van der Waals surface area contributed by atoms with Gasteiger partial charge < -0.3 is 9.84 Å². The van der Waals surface area contributed by atoms with Crippen molar-refractivity contribution in [2.45, 2.75) is 38.1 Å². The van der Waals surface area contributed by atoms with E-state index in [4.69, 9.17) is 4.74 Å². The zero-order chi connectivity index (χ0) is 11.8. The number of nitrogens with zero attached hydrogens (tertiary/aromatic N) is 1. The first kappa shape index (κ1) is 12.3. The SMILES string of the molecule is CC1(C)O[C@H](C2C=CC=CC2)[C@@H](CO)N1P. The van der Waals surface area contributed by atoms with E-state index in [1.165, 1.54) is 0 Å². The van der Waals surface area contributed by atoms with Crippen LogP contribution in [0.4, 0.5) is 0 Å². The first-order valence-electron chi connectivity index (χ1n) is 5.72. The Hall–Kier alpha value is -0.210. The molecule has 0 aromatic heterocycles. The lowest BCUT2D eigenvalue weighted by Gasteiger charge is -2.28. The molecule has 0 bridgehead atoms. The van der Waals surface area contributed by atoms with Crippen molar-refractivity contribution in [2.24, 2.45) is 5.92 Å². The van der Waals surface area contributed by atoms with Crippen molar-refractivity contribution in [2.75, 3.05) is 6.61 Å². The van der Waals surface area contributed by atoms with Crippen LogP contribution in [-0.2, 0) is 4.74 Å². The van der Waals surface area contributed by atoms with E-state index >= 15 is 0 Å². The maximum Gasteiger partial charge on any atom is 0.119 e. The number of rotatable bonds is 2. The summed E-state index contributed by atoms with van der Waals surface area (Å²) in [5.74, 6) is 0.368. The summed E-state index contributed by atoms with van der Waals surface area (Å²) in [4.78, 5) is 0. The Labute approximate surface area is 99.4 Å². The van der Waals surface area contributed by atoms with E-state index in [0.29, 0.717) is 5.92 Å². The van der Waals surface area contributed by atoms with Gasteiger partial charge in [-0.2, -0.15) is 0 Å². The van der Waals surface area contributed by atoms with Crippen molar-refractivity contribution in [1.29, 1.82) is 0 Å². The number of hydrogen-bond acceptors (Lipinski definition) is 3. The van der Waals surface area contributed by atoms with Gasteiger partial charge in [-0.05, 0) is 20.3 Å². The molecule has 2 unspecified atom stereocenters. The van der Waals surface area contributed by atoms with E-state index in [9.17, 15) is 5.11 Å². The molecule has 0 spiro atoms. The topological polar surface area (TPSA) is 32.7 Å². The Bertz CT molecular complexity index is 314. The minimum Gasteiger partial charge on any atom is -0.395 e. The highest BCUT2D eigenvalue weighted by Crippen LogP contribution is 2.39. The van der Waals surface area contributed by atoms with E-state index in [0.717, 1.165) is 6.42 Å². The standard InChI is InChI=1S/C12H20NO2P/c1-12(2)13(16)10(8-14)11(15-12)9-6-4-3-5-7-9/h3-6,9-11,14H,7-8,16H2,1-2H3/t9?,10-,11-/m1/s1. The quantitative estimate of drug-likeness (QED) is 0.747. The second kappa shape index (κ2) is 4.58. The predicted molar refractivity (Wildman–Crippen MR) is 67.8 cm³/mol. The minimum absolute atomic E-state index is 0.0566. The Kier molecular flexibility index (Phi) is 3.50. The lowest BCUT2D eigenvalue weighted by Crippen LogP contribution is -2.39. The van der Waals surface area contributed by atoms with E-state index in [1.54, 1.807) is 0 Å². The Morgan fingerprint density at radius 3 is 2.81 bits per heavy atom. The zero-order valence-corrected chi connectivity index (χ0v) is 11.0. The van der Waals surface area contributed by atoms with Gasteiger partial charge in [0.05, 0.1) is 18.8 Å². The van der Waals surface area contributed by atoms with E-state index in [2.05, 4.69) is 33.7 Å². The van der Waals surface area contributed by atoms with Gasteiger partial charge in [-0.15, -0.1) is 0 Å². The van der Waals surface area contributed by atoms with Crippen molar-refractivity contribution in [3.8, 4) is 0 Å². The van der Waals surface area contributed by atoms with Gasteiger partial charge in [0.25, 0.3) is 0 Å². The number of allylic oxidation sites excluding steroid dienone is 3. The number of ether oxygens (including phenoxy) is 1. The van der Waals surface area contributed by atoms with Gasteiger partial charge >= 0.3 is 0 Å². The van der Waals surface area contributed by atoms with Gasteiger partial charge in [0, 0.05) is 5.92 Å². The van der Waals surface area contributed by atoms with Crippen LogP contribution >= 0.6 is 9.39 Å². The fraction of sp³-hybridized carbons (Fsp3) is 0.667. The molecule has 0 aromatic rings. The summed E-state index contributed by atoms with van der Waals surface area (Å²) in [6, 6.07) is 0.0566. The smallest absolute Gasteiger partial charge is 0.119 e. The monoisotopic (exact) mass is 241 g/mol. The summed E-state index contributed by atoms with van der Waals surface area (Å²) in [5, 5.41) is 9.49. The van der Waals surface area contributed by atoms with Crippen molar-refractivity contribution in [1.82, 2.24) is 4.67 Å². The highest BCUT2D eigenvalue weighted by Gasteiger charge is 2.47. The van der Waals surface area contributed by atoms with Crippen LogP contribution in [0, 0.1) is 5.92 Å². The third-order valence-electron chi connectivity index (χ3n) is 3.41. The number of hydrogen-bond donors (Lipinski definition) is 1. The Morgan fingerprint density at radius 2 is 2.25 bits per heavy atom. The largest absolute Gasteiger partial charge is 0.395 e. The van der Waals surface area contributed by atoms with Gasteiger partial charge in [-0.25, -0.2) is 0 Å². The van der Waals surface area contributed by atoms with Gasteiger partial charge in [0.2, 0.25) is 0 Å². The van der Waals surface area contributed by atoms with Crippen molar-refractivity contribution < 1.29 is 9.84 Å². The van der Waals surface area contributed by atoms with Crippen LogP contribution in [0.1, 0.15) is 20.3 Å². The molecule has 2 aliphatic rings. The molecule has 3 nitrogen and oxygen atoms in total. The van der Waals surface area contributed by atoms with E-state index in [-0.39, 0.29) is 24.5 Å². The van der Waals surface area contributed by atoms with Crippen LogP contribution in [0.5, 0.6) is 0 Å². The summed E-state index contributed by atoms with van der Waals surface area (Å²) in [7, 11) is 2.68. The summed E-state index contributed by atoms with van der Waals surface area (Å²) >= 11 is 0. The molecule has 0 amide bonds. The van der Waals surface area contributed by atoms with Gasteiger partial charge in [0.1, 0.15) is 5.72 Å². The molecule has 4 heteroatoms. The second-order valence-corrected chi connectivity index (χ2v) is 5.46. The molecule has 1 heterocycles. The molecule has 1 aliphatic heterocycles. The molecule has 2 rings (SSSR count). The van der Waals surface area contributed by atoms with Gasteiger partial charge in [-0.1, -0.05) is 33.7 Å². The Balaban J connectivity index is 2.15. The third kappa shape index (κ3) is 2.10. The normalized spacial score (nSPS) is 38.1. The predicted octanol–water partition coefficient (Wildman–Crippen LogP) is 1.71. The molecular weight excluding hydrogens is 221 g/mol. The third-order valence-corrected chi connectivity index (χ3v) is 4.41. The summed E-state index contributed by atoms with van der Waals surface area (Å²) in [5.41, 5.74) is -0.322. The summed E-state index contributed by atoms with van der Waals surface area (Å²) in [6.07, 6.45) is 9.51. The van der Waals surface area contributed by atoms with Crippen LogP contribution in [0.2, 0.25) is 0 Å². The molecule has 1 fully saturated rings. The first-order chi connectivity index (χ1) is 7.56. The fourth-order valence-corrected chi connectivity index (χ4v) is 2.76. The average Bonchev–Trinajstić information content (AvgIpc) is 2.52. The van der Waals surface area contributed by atoms with Crippen molar-refractivity contribution in [3.05, 3.63) is 24.3 Å². The number of aliphatic hydroxyl groups is 1. The summed E-state index contributed by atoms with van der Waals surface area (Å²) < 4.78 is 8.11. The van der Waals surface area contributed by atoms with Crippen LogP contribution < -0.4 is 0 Å². The summed E-state index contributed by atoms with van der Waals surface area (Å²) in [6.45, 7) is 4.20. The van der Waals surface area contributed by atoms with Gasteiger partial charge in [0.15, 0.2) is 0 Å². The lowest BCUT2D eigenvalue weighted by molar-refractivity contribution is -0.0598. The maximum absolute atomic E-state index is 9.49. The second-order valence-electron chi connectivity index (χ2n) is 4.90. The molecule has 1 aliphatic carbocycles. The zero-order valence-electron chi connectivity index (χ0n) is 9.84. The fourth-order valence-electron chi connectivity index (χ4n) is 2.44. The maximum atomic E-state index is 9.49. The average molecular weight is 241 g/mol. The molecule has 0 radical (unpaired) electrons. The Morgan fingerprint density at radius 1 is 1.50 bits per heavy atom. The molecule has 90 valence electrons. The van der Waals surface area contributed by atoms with Crippen LogP contribution in [0.3, 0.4) is 0 Å². The first-order valence-corrected chi connectivity index (χ1v) is 6.24. The highest BCUT2D eigenvalue weighted by atomic mass is 31.0. The molecule has 1 N–H and O–H groups in total. The highest BCUT2D eigenvalue weighted by molar-refractivity contribution is 7.13. The van der Waals surface area contributed by atoms with Crippen molar-refractivity contribution in [3.63, 3.8) is 0 Å². The van der Waals surface area contributed by atoms with Crippen molar-refractivity contribution >= 4 is 9.39 Å². The molecule has 0 aromatic carbocycles. The number of aliphatic hydroxyl groups excluding tert-OH is 1. The van der Waals surface area contributed by atoms with Crippen LogP contribution in [-0.4, -0.2) is 34.3 Å². The minimum atomic E-state index is -0.322. The van der Waals surface area contributed by atoms with E-state index in [1.807, 2.05) is 18.5 Å². The molecule has 4 atom stereocenters.